The Kier molecular flexibility index (Phi) is 4.80. The highest BCUT2D eigenvalue weighted by Gasteiger charge is 2.18. The normalized spacial score (nSPS) is 13.1. The summed E-state index contributed by atoms with van der Waals surface area (Å²) in [5, 5.41) is 4.58. The van der Waals surface area contributed by atoms with Gasteiger partial charge in [-0.2, -0.15) is 0 Å². The molecular formula is C38H24O3. The first-order valence-corrected chi connectivity index (χ1v) is 14.0. The summed E-state index contributed by atoms with van der Waals surface area (Å²) >= 11 is 0. The maximum Gasteiger partial charge on any atom is 0.136 e. The molecule has 0 radical (unpaired) electrons. The molecule has 1 aliphatic rings. The van der Waals surface area contributed by atoms with Gasteiger partial charge in [-0.1, -0.05) is 72.8 Å². The summed E-state index contributed by atoms with van der Waals surface area (Å²) in [5.74, 6) is 0. The predicted molar refractivity (Wildman–Crippen MR) is 166 cm³/mol. The summed E-state index contributed by atoms with van der Waals surface area (Å²) in [6.45, 7) is 1.17. The molecule has 6 aromatic carbocycles. The van der Waals surface area contributed by atoms with Crippen LogP contribution in [0.2, 0.25) is 0 Å². The zero-order valence-corrected chi connectivity index (χ0v) is 22.2. The maximum atomic E-state index is 6.18. The lowest BCUT2D eigenvalue weighted by atomic mass is 9.90. The van der Waals surface area contributed by atoms with E-state index in [1.54, 1.807) is 0 Å². The van der Waals surface area contributed by atoms with E-state index in [9.17, 15) is 0 Å². The number of rotatable bonds is 2. The third-order valence-electron chi connectivity index (χ3n) is 8.44. The van der Waals surface area contributed by atoms with Crippen LogP contribution in [-0.2, 0) is 18.0 Å². The molecule has 0 saturated carbocycles. The number of fused-ring (bicyclic) bond motifs is 9. The Morgan fingerprint density at radius 1 is 0.366 bits per heavy atom. The van der Waals surface area contributed by atoms with Gasteiger partial charge in [0.1, 0.15) is 22.3 Å². The van der Waals surface area contributed by atoms with E-state index in [0.717, 1.165) is 49.4 Å². The van der Waals surface area contributed by atoms with Crippen LogP contribution >= 0.6 is 0 Å². The second-order valence-corrected chi connectivity index (χ2v) is 10.9. The highest BCUT2D eigenvalue weighted by atomic mass is 16.5. The minimum Gasteiger partial charge on any atom is -0.456 e. The molecule has 194 valence electrons. The monoisotopic (exact) mass is 528 g/mol. The van der Waals surface area contributed by atoms with Gasteiger partial charge in [-0.25, -0.2) is 0 Å². The van der Waals surface area contributed by atoms with Crippen LogP contribution in [0.25, 0.3) is 77.3 Å². The first-order chi connectivity index (χ1) is 20.3. The van der Waals surface area contributed by atoms with E-state index < -0.39 is 0 Å². The fraction of sp³-hybridized carbons (Fsp3) is 0.0526. The van der Waals surface area contributed by atoms with Crippen LogP contribution in [0.5, 0.6) is 0 Å². The average Bonchev–Trinajstić information content (AvgIpc) is 3.52. The molecule has 0 unspecified atom stereocenters. The third-order valence-corrected chi connectivity index (χ3v) is 8.44. The van der Waals surface area contributed by atoms with Gasteiger partial charge < -0.3 is 13.6 Å². The lowest BCUT2D eigenvalue weighted by Gasteiger charge is -2.13. The van der Waals surface area contributed by atoms with E-state index in [2.05, 4.69) is 97.1 Å². The van der Waals surface area contributed by atoms with E-state index >= 15 is 0 Å². The minimum atomic E-state index is 0.578. The van der Waals surface area contributed by atoms with Crippen molar-refractivity contribution in [1.29, 1.82) is 0 Å². The van der Waals surface area contributed by atoms with Crippen molar-refractivity contribution in [2.75, 3.05) is 0 Å². The summed E-state index contributed by atoms with van der Waals surface area (Å²) in [5.41, 5.74) is 13.2. The van der Waals surface area contributed by atoms with Gasteiger partial charge in [0.05, 0.1) is 13.2 Å². The average molecular weight is 529 g/mol. The summed E-state index contributed by atoms with van der Waals surface area (Å²) < 4.78 is 18.4. The van der Waals surface area contributed by atoms with Crippen LogP contribution in [0, 0.1) is 0 Å². The summed E-state index contributed by atoms with van der Waals surface area (Å²) in [6.07, 6.45) is 0. The van der Waals surface area contributed by atoms with E-state index in [-0.39, 0.29) is 0 Å². The Balaban J connectivity index is 1.13. The molecule has 0 atom stereocenters. The molecule has 0 aliphatic carbocycles. The van der Waals surface area contributed by atoms with Crippen molar-refractivity contribution in [3.8, 4) is 33.4 Å². The number of hydrogen-bond acceptors (Lipinski definition) is 3. The molecule has 41 heavy (non-hydrogen) atoms. The molecule has 8 aromatic rings. The molecule has 9 rings (SSSR count). The van der Waals surface area contributed by atoms with Crippen LogP contribution in [0.4, 0.5) is 0 Å². The van der Waals surface area contributed by atoms with Crippen LogP contribution in [0.3, 0.4) is 0 Å². The van der Waals surface area contributed by atoms with Crippen molar-refractivity contribution < 1.29 is 13.6 Å². The Labute approximate surface area is 236 Å². The van der Waals surface area contributed by atoms with Gasteiger partial charge in [-0.15, -0.1) is 0 Å². The van der Waals surface area contributed by atoms with E-state index in [1.165, 1.54) is 38.9 Å². The first-order valence-electron chi connectivity index (χ1n) is 14.0. The molecular weight excluding hydrogens is 504 g/mol. The largest absolute Gasteiger partial charge is 0.456 e. The van der Waals surface area contributed by atoms with Crippen LogP contribution in [0.1, 0.15) is 11.1 Å². The molecule has 0 amide bonds. The van der Waals surface area contributed by atoms with E-state index in [0.29, 0.717) is 13.2 Å². The zero-order chi connectivity index (χ0) is 26.9. The van der Waals surface area contributed by atoms with E-state index in [4.69, 9.17) is 13.6 Å². The standard InChI is InChI=1S/C38H24O3/c1-3-7-35-30(5-1)32-15-12-26(20-38(32)41-35)24-9-10-27-21-39-22-28-17-23(11-14-29(28)33(27)18-24)25-13-16-37-34(19-25)31-6-2-4-8-36(31)40-37/h1-20H,21-22H2. The number of para-hydroxylation sites is 2. The maximum absolute atomic E-state index is 6.18. The lowest BCUT2D eigenvalue weighted by Crippen LogP contribution is -1.91. The molecule has 2 aromatic heterocycles. The Morgan fingerprint density at radius 3 is 1.83 bits per heavy atom. The number of furan rings is 2. The van der Waals surface area contributed by atoms with Crippen molar-refractivity contribution in [3.63, 3.8) is 0 Å². The smallest absolute Gasteiger partial charge is 0.136 e. The Bertz CT molecular complexity index is 2300. The Morgan fingerprint density at radius 2 is 0.951 bits per heavy atom. The van der Waals surface area contributed by atoms with Gasteiger partial charge in [0, 0.05) is 21.5 Å². The van der Waals surface area contributed by atoms with Crippen LogP contribution in [0.15, 0.2) is 130 Å². The molecule has 1 aliphatic heterocycles. The van der Waals surface area contributed by atoms with Gasteiger partial charge in [-0.3, -0.25) is 0 Å². The fourth-order valence-electron chi connectivity index (χ4n) is 6.37. The van der Waals surface area contributed by atoms with E-state index in [1.807, 2.05) is 24.3 Å². The highest BCUT2D eigenvalue weighted by Crippen LogP contribution is 2.39. The zero-order valence-electron chi connectivity index (χ0n) is 22.2. The molecule has 3 heterocycles. The topological polar surface area (TPSA) is 35.5 Å². The number of hydrogen-bond donors (Lipinski definition) is 0. The molecule has 0 fully saturated rings. The third kappa shape index (κ3) is 3.56. The number of ether oxygens (including phenoxy) is 1. The first kappa shape index (κ1) is 22.7. The van der Waals surface area contributed by atoms with Gasteiger partial charge in [0.25, 0.3) is 0 Å². The molecule has 0 spiro atoms. The molecule has 0 N–H and O–H groups in total. The lowest BCUT2D eigenvalue weighted by molar-refractivity contribution is 0.110. The minimum absolute atomic E-state index is 0.578. The summed E-state index contributed by atoms with van der Waals surface area (Å²) in [6, 6.07) is 42.9. The molecule has 0 saturated heterocycles. The van der Waals surface area contributed by atoms with Crippen molar-refractivity contribution >= 4 is 43.9 Å². The predicted octanol–water partition coefficient (Wildman–Crippen LogP) is 10.5. The SMILES string of the molecule is c1ccc2c(c1)oc1cc(-c3ccc4c(c3)-c3ccc(-c5ccc6oc7ccccc7c6c5)cc3COC4)ccc12. The van der Waals surface area contributed by atoms with Gasteiger partial charge in [0.2, 0.25) is 0 Å². The van der Waals surface area contributed by atoms with Crippen LogP contribution < -0.4 is 0 Å². The molecule has 0 bridgehead atoms. The van der Waals surface area contributed by atoms with Crippen molar-refractivity contribution in [2.45, 2.75) is 13.2 Å². The molecule has 3 nitrogen and oxygen atoms in total. The second-order valence-electron chi connectivity index (χ2n) is 10.9. The van der Waals surface area contributed by atoms with Gasteiger partial charge in [-0.05, 0) is 93.0 Å². The van der Waals surface area contributed by atoms with Gasteiger partial charge >= 0.3 is 0 Å². The van der Waals surface area contributed by atoms with Crippen molar-refractivity contribution in [1.82, 2.24) is 0 Å². The number of benzene rings is 6. The Hall–Kier alpha value is -5.12. The second kappa shape index (κ2) is 8.69. The fourth-order valence-corrected chi connectivity index (χ4v) is 6.37. The van der Waals surface area contributed by atoms with Gasteiger partial charge in [0.15, 0.2) is 0 Å². The van der Waals surface area contributed by atoms with Crippen molar-refractivity contribution in [3.05, 3.63) is 132 Å². The molecule has 3 heteroatoms. The van der Waals surface area contributed by atoms with Crippen molar-refractivity contribution in [2.24, 2.45) is 0 Å². The summed E-state index contributed by atoms with van der Waals surface area (Å²) in [4.78, 5) is 0. The summed E-state index contributed by atoms with van der Waals surface area (Å²) in [7, 11) is 0. The quantitative estimate of drug-likeness (QED) is 0.224. The van der Waals surface area contributed by atoms with Crippen LogP contribution in [-0.4, -0.2) is 0 Å². The highest BCUT2D eigenvalue weighted by molar-refractivity contribution is 6.07.